The maximum Gasteiger partial charge on any atom is 0.306 e. The molecule has 1 fully saturated rings. The number of hydrogen-bond donors (Lipinski definition) is 1. The number of aliphatic hydroxyl groups is 1. The van der Waals surface area contributed by atoms with Crippen LogP contribution in [-0.4, -0.2) is 38.2 Å². The summed E-state index contributed by atoms with van der Waals surface area (Å²) < 4.78 is 11.2. The third kappa shape index (κ3) is 5.18. The van der Waals surface area contributed by atoms with Gasteiger partial charge in [0.2, 0.25) is 0 Å². The van der Waals surface area contributed by atoms with Crippen LogP contribution in [0.4, 0.5) is 0 Å². The molecule has 0 spiro atoms. The first-order chi connectivity index (χ1) is 9.13. The van der Waals surface area contributed by atoms with E-state index in [1.54, 1.807) is 0 Å². The van der Waals surface area contributed by atoms with E-state index in [1.807, 2.05) is 0 Å². The zero-order valence-electron chi connectivity index (χ0n) is 13.6. The summed E-state index contributed by atoms with van der Waals surface area (Å²) in [6.07, 6.45) is 2.82. The first-order valence-corrected chi connectivity index (χ1v) is 10.6. The highest BCUT2D eigenvalue weighted by atomic mass is 28.4. The molecule has 0 amide bonds. The molecule has 1 saturated heterocycles. The minimum atomic E-state index is -1.65. The molecular weight excluding hydrogens is 272 g/mol. The normalized spacial score (nSPS) is 21.9. The molecule has 118 valence electrons. The zero-order valence-corrected chi connectivity index (χ0v) is 14.6. The van der Waals surface area contributed by atoms with Crippen molar-refractivity contribution >= 4 is 14.3 Å². The highest BCUT2D eigenvalue weighted by molar-refractivity contribution is 6.74. The Bertz CT molecular complexity index is 322. The van der Waals surface area contributed by atoms with E-state index in [0.29, 0.717) is 19.3 Å². The molecule has 1 rings (SSSR count). The molecule has 5 heteroatoms. The van der Waals surface area contributed by atoms with Crippen LogP contribution in [0.5, 0.6) is 0 Å². The van der Waals surface area contributed by atoms with Gasteiger partial charge in [-0.25, -0.2) is 0 Å². The lowest BCUT2D eigenvalue weighted by Gasteiger charge is -2.36. The van der Waals surface area contributed by atoms with E-state index in [9.17, 15) is 9.90 Å². The van der Waals surface area contributed by atoms with Crippen LogP contribution in [0.2, 0.25) is 18.1 Å². The summed E-state index contributed by atoms with van der Waals surface area (Å²) >= 11 is 0. The van der Waals surface area contributed by atoms with E-state index >= 15 is 0 Å². The number of carbonyl (C=O) groups is 1. The second-order valence-electron chi connectivity index (χ2n) is 7.24. The van der Waals surface area contributed by atoms with Crippen molar-refractivity contribution in [1.29, 1.82) is 0 Å². The zero-order chi connectivity index (χ0) is 15.4. The van der Waals surface area contributed by atoms with Crippen molar-refractivity contribution in [3.63, 3.8) is 0 Å². The number of ether oxygens (including phenoxy) is 1. The molecular formula is C15H30O4Si. The van der Waals surface area contributed by atoms with Crippen LogP contribution >= 0.6 is 0 Å². The fourth-order valence-corrected chi connectivity index (χ4v) is 3.09. The van der Waals surface area contributed by atoms with Gasteiger partial charge in [0.15, 0.2) is 8.32 Å². The van der Waals surface area contributed by atoms with Gasteiger partial charge in [-0.1, -0.05) is 20.8 Å². The first kappa shape index (κ1) is 17.7. The Morgan fingerprint density at radius 2 is 2.05 bits per heavy atom. The lowest BCUT2D eigenvalue weighted by atomic mass is 10.1. The third-order valence-corrected chi connectivity index (χ3v) is 9.05. The SMILES string of the molecule is CC(C)(C)[Si](C)(C)OCCCC[C@H](O)[C@@H]1CCC(=O)O1. The summed E-state index contributed by atoms with van der Waals surface area (Å²) in [6, 6.07) is 0. The molecule has 1 aliphatic rings. The van der Waals surface area contributed by atoms with Crippen molar-refractivity contribution in [3.8, 4) is 0 Å². The third-order valence-electron chi connectivity index (χ3n) is 4.51. The van der Waals surface area contributed by atoms with Crippen LogP contribution in [0.3, 0.4) is 0 Å². The molecule has 20 heavy (non-hydrogen) atoms. The lowest BCUT2D eigenvalue weighted by molar-refractivity contribution is -0.145. The van der Waals surface area contributed by atoms with Gasteiger partial charge in [0.1, 0.15) is 6.10 Å². The minimum Gasteiger partial charge on any atom is -0.460 e. The number of esters is 1. The molecule has 0 radical (unpaired) electrons. The Hall–Kier alpha value is -0.393. The Morgan fingerprint density at radius 3 is 2.55 bits per heavy atom. The average Bonchev–Trinajstić information content (AvgIpc) is 2.73. The minimum absolute atomic E-state index is 0.185. The van der Waals surface area contributed by atoms with Crippen LogP contribution < -0.4 is 0 Å². The van der Waals surface area contributed by atoms with Crippen LogP contribution in [0.15, 0.2) is 0 Å². The molecule has 0 saturated carbocycles. The fourth-order valence-electron chi connectivity index (χ4n) is 2.00. The molecule has 2 atom stereocenters. The van der Waals surface area contributed by atoms with E-state index in [2.05, 4.69) is 33.9 Å². The van der Waals surface area contributed by atoms with E-state index in [-0.39, 0.29) is 17.1 Å². The maximum absolute atomic E-state index is 11.0. The molecule has 0 aromatic carbocycles. The Morgan fingerprint density at radius 1 is 1.40 bits per heavy atom. The van der Waals surface area contributed by atoms with E-state index in [0.717, 1.165) is 19.4 Å². The van der Waals surface area contributed by atoms with Crippen molar-refractivity contribution in [3.05, 3.63) is 0 Å². The van der Waals surface area contributed by atoms with Crippen molar-refractivity contribution < 1.29 is 19.1 Å². The van der Waals surface area contributed by atoms with Crippen LogP contribution in [-0.2, 0) is 14.0 Å². The molecule has 0 aliphatic carbocycles. The Balaban J connectivity index is 2.15. The van der Waals surface area contributed by atoms with Gasteiger partial charge in [0.05, 0.1) is 6.10 Å². The second kappa shape index (κ2) is 7.05. The molecule has 0 bridgehead atoms. The number of aliphatic hydroxyl groups excluding tert-OH is 1. The second-order valence-corrected chi connectivity index (χ2v) is 12.0. The topological polar surface area (TPSA) is 55.8 Å². The van der Waals surface area contributed by atoms with Gasteiger partial charge in [-0.05, 0) is 43.8 Å². The standard InChI is InChI=1S/C15H30O4Si/c1-15(2,3)20(4,5)18-11-7-6-8-12(16)13-9-10-14(17)19-13/h12-13,16H,6-11H2,1-5H3/t12-,13-/m0/s1. The van der Waals surface area contributed by atoms with Crippen LogP contribution in [0.1, 0.15) is 52.9 Å². The summed E-state index contributed by atoms with van der Waals surface area (Å²) in [5, 5.41) is 10.2. The molecule has 1 N–H and O–H groups in total. The predicted octanol–water partition coefficient (Wildman–Crippen LogP) is 3.25. The van der Waals surface area contributed by atoms with Crippen molar-refractivity contribution in [2.45, 2.75) is 83.2 Å². The molecule has 0 unspecified atom stereocenters. The van der Waals surface area contributed by atoms with Crippen LogP contribution in [0, 0.1) is 0 Å². The number of carbonyl (C=O) groups excluding carboxylic acids is 1. The quantitative estimate of drug-likeness (QED) is 0.445. The summed E-state index contributed by atoms with van der Waals surface area (Å²) in [5.41, 5.74) is 0. The number of rotatable bonds is 7. The summed E-state index contributed by atoms with van der Waals surface area (Å²) in [4.78, 5) is 11.0. The molecule has 4 nitrogen and oxygen atoms in total. The highest BCUT2D eigenvalue weighted by Gasteiger charge is 2.36. The van der Waals surface area contributed by atoms with Gasteiger partial charge >= 0.3 is 5.97 Å². The van der Waals surface area contributed by atoms with E-state index < -0.39 is 14.4 Å². The smallest absolute Gasteiger partial charge is 0.306 e. The van der Waals surface area contributed by atoms with Gasteiger partial charge in [-0.2, -0.15) is 0 Å². The molecule has 1 aliphatic heterocycles. The molecule has 1 heterocycles. The van der Waals surface area contributed by atoms with Gasteiger partial charge in [-0.15, -0.1) is 0 Å². The fraction of sp³-hybridized carbons (Fsp3) is 0.933. The average molecular weight is 302 g/mol. The largest absolute Gasteiger partial charge is 0.460 e. The van der Waals surface area contributed by atoms with Crippen molar-refractivity contribution in [1.82, 2.24) is 0 Å². The van der Waals surface area contributed by atoms with Gasteiger partial charge < -0.3 is 14.3 Å². The number of hydrogen-bond acceptors (Lipinski definition) is 4. The van der Waals surface area contributed by atoms with Crippen molar-refractivity contribution in [2.75, 3.05) is 6.61 Å². The van der Waals surface area contributed by atoms with Crippen LogP contribution in [0.25, 0.3) is 0 Å². The predicted molar refractivity (Wildman–Crippen MR) is 82.1 cm³/mol. The summed E-state index contributed by atoms with van der Waals surface area (Å²) in [6.45, 7) is 12.0. The summed E-state index contributed by atoms with van der Waals surface area (Å²) in [5.74, 6) is -0.185. The Kier molecular flexibility index (Phi) is 6.22. The monoisotopic (exact) mass is 302 g/mol. The Labute approximate surface area is 124 Å². The maximum atomic E-state index is 11.0. The van der Waals surface area contributed by atoms with Gasteiger partial charge in [0.25, 0.3) is 0 Å². The van der Waals surface area contributed by atoms with E-state index in [1.165, 1.54) is 0 Å². The summed E-state index contributed by atoms with van der Waals surface area (Å²) in [7, 11) is -1.65. The van der Waals surface area contributed by atoms with Gasteiger partial charge in [-0.3, -0.25) is 4.79 Å². The molecule has 0 aromatic heterocycles. The molecule has 0 aromatic rings. The highest BCUT2D eigenvalue weighted by Crippen LogP contribution is 2.36. The lowest BCUT2D eigenvalue weighted by Crippen LogP contribution is -2.41. The number of unbranched alkanes of at least 4 members (excludes halogenated alkanes) is 1. The van der Waals surface area contributed by atoms with Crippen molar-refractivity contribution in [2.24, 2.45) is 0 Å². The first-order valence-electron chi connectivity index (χ1n) is 7.65. The number of cyclic esters (lactones) is 1. The van der Waals surface area contributed by atoms with E-state index in [4.69, 9.17) is 9.16 Å². The van der Waals surface area contributed by atoms with Gasteiger partial charge in [0, 0.05) is 13.0 Å².